The van der Waals surface area contributed by atoms with Gasteiger partial charge in [0.05, 0.1) is 0 Å². The van der Waals surface area contributed by atoms with Crippen molar-refractivity contribution in [2.24, 2.45) is 0 Å². The van der Waals surface area contributed by atoms with Crippen LogP contribution in [0.5, 0.6) is 0 Å². The number of benzene rings is 1. The summed E-state index contributed by atoms with van der Waals surface area (Å²) in [6.07, 6.45) is 1.07. The summed E-state index contributed by atoms with van der Waals surface area (Å²) >= 11 is 0. The van der Waals surface area contributed by atoms with E-state index < -0.39 is 0 Å². The van der Waals surface area contributed by atoms with Crippen molar-refractivity contribution in [1.82, 2.24) is 5.32 Å². The fourth-order valence-corrected chi connectivity index (χ4v) is 1.48. The Morgan fingerprint density at radius 1 is 1.43 bits per heavy atom. The lowest BCUT2D eigenvalue weighted by atomic mass is 10.0. The average Bonchev–Trinajstić information content (AvgIpc) is 2.18. The Bertz CT molecular complexity index is 296. The number of hydrogen-bond acceptors (Lipinski definition) is 1. The van der Waals surface area contributed by atoms with Crippen LogP contribution in [0.4, 0.5) is 4.39 Å². The van der Waals surface area contributed by atoms with Crippen LogP contribution in [0.1, 0.15) is 37.4 Å². The Labute approximate surface area is 85.3 Å². The lowest BCUT2D eigenvalue weighted by molar-refractivity contribution is 0.524. The van der Waals surface area contributed by atoms with Gasteiger partial charge >= 0.3 is 0 Å². The van der Waals surface area contributed by atoms with Crippen molar-refractivity contribution >= 4 is 0 Å². The molecule has 1 N–H and O–H groups in total. The molecule has 1 aromatic rings. The minimum Gasteiger partial charge on any atom is -0.310 e. The van der Waals surface area contributed by atoms with E-state index in [1.54, 1.807) is 13.0 Å². The maximum Gasteiger partial charge on any atom is 0.130 e. The second kappa shape index (κ2) is 5.11. The first-order valence-electron chi connectivity index (χ1n) is 5.15. The van der Waals surface area contributed by atoms with E-state index >= 15 is 0 Å². The molecule has 0 amide bonds. The van der Waals surface area contributed by atoms with Crippen LogP contribution < -0.4 is 5.32 Å². The van der Waals surface area contributed by atoms with Gasteiger partial charge in [0.15, 0.2) is 0 Å². The monoisotopic (exact) mass is 195 g/mol. The highest BCUT2D eigenvalue weighted by molar-refractivity contribution is 5.27. The second-order valence-corrected chi connectivity index (χ2v) is 3.65. The van der Waals surface area contributed by atoms with E-state index in [2.05, 4.69) is 12.2 Å². The van der Waals surface area contributed by atoms with Gasteiger partial charge in [-0.05, 0) is 32.4 Å². The molecule has 0 radical (unpaired) electrons. The molecule has 0 saturated heterocycles. The Hall–Kier alpha value is -0.890. The lowest BCUT2D eigenvalue weighted by Crippen LogP contribution is -2.20. The van der Waals surface area contributed by atoms with Crippen LogP contribution in [-0.2, 0) is 0 Å². The quantitative estimate of drug-likeness (QED) is 0.778. The van der Waals surface area contributed by atoms with Crippen molar-refractivity contribution in [3.63, 3.8) is 0 Å². The summed E-state index contributed by atoms with van der Waals surface area (Å²) < 4.78 is 13.6. The minimum absolute atomic E-state index is 0.0800. The smallest absolute Gasteiger partial charge is 0.130 e. The molecule has 0 heterocycles. The Morgan fingerprint density at radius 2 is 2.14 bits per heavy atom. The SMILES string of the molecule is CCCNC(C)c1cccc(C)c1F. The minimum atomic E-state index is -0.0800. The molecule has 0 saturated carbocycles. The molecule has 1 atom stereocenters. The molecular formula is C12H18FN. The summed E-state index contributed by atoms with van der Waals surface area (Å²) in [5.41, 5.74) is 1.48. The molecule has 1 rings (SSSR count). The molecule has 1 aromatic carbocycles. The maximum atomic E-state index is 13.6. The topological polar surface area (TPSA) is 12.0 Å². The average molecular weight is 195 g/mol. The Balaban J connectivity index is 2.79. The van der Waals surface area contributed by atoms with Crippen LogP contribution in [0.2, 0.25) is 0 Å². The van der Waals surface area contributed by atoms with Gasteiger partial charge in [0.1, 0.15) is 5.82 Å². The molecule has 14 heavy (non-hydrogen) atoms. The summed E-state index contributed by atoms with van der Waals surface area (Å²) in [6, 6.07) is 5.63. The molecule has 0 fully saturated rings. The third-order valence-corrected chi connectivity index (χ3v) is 2.39. The Kier molecular flexibility index (Phi) is 4.08. The van der Waals surface area contributed by atoms with Gasteiger partial charge in [-0.25, -0.2) is 4.39 Å². The van der Waals surface area contributed by atoms with E-state index in [4.69, 9.17) is 0 Å². The molecule has 1 unspecified atom stereocenters. The van der Waals surface area contributed by atoms with Crippen LogP contribution in [0.3, 0.4) is 0 Å². The van der Waals surface area contributed by atoms with Gasteiger partial charge in [0.25, 0.3) is 0 Å². The fraction of sp³-hybridized carbons (Fsp3) is 0.500. The summed E-state index contributed by atoms with van der Waals surface area (Å²) in [5, 5.41) is 3.28. The molecule has 0 aliphatic heterocycles. The van der Waals surface area contributed by atoms with E-state index in [1.165, 1.54) is 0 Å². The molecule has 0 spiro atoms. The first kappa shape index (κ1) is 11.2. The van der Waals surface area contributed by atoms with Gasteiger partial charge in [-0.1, -0.05) is 25.1 Å². The predicted octanol–water partition coefficient (Wildman–Crippen LogP) is 3.19. The van der Waals surface area contributed by atoms with Crippen molar-refractivity contribution < 1.29 is 4.39 Å². The first-order valence-corrected chi connectivity index (χ1v) is 5.15. The van der Waals surface area contributed by atoms with Crippen LogP contribution in [0, 0.1) is 12.7 Å². The zero-order valence-electron chi connectivity index (χ0n) is 9.10. The fourth-order valence-electron chi connectivity index (χ4n) is 1.48. The van der Waals surface area contributed by atoms with E-state index in [1.807, 2.05) is 19.1 Å². The van der Waals surface area contributed by atoms with Crippen molar-refractivity contribution in [2.45, 2.75) is 33.2 Å². The highest BCUT2D eigenvalue weighted by Crippen LogP contribution is 2.18. The predicted molar refractivity (Wildman–Crippen MR) is 57.8 cm³/mol. The largest absolute Gasteiger partial charge is 0.310 e. The highest BCUT2D eigenvalue weighted by Gasteiger charge is 2.10. The van der Waals surface area contributed by atoms with Crippen LogP contribution in [0.25, 0.3) is 0 Å². The molecule has 78 valence electrons. The number of aryl methyl sites for hydroxylation is 1. The van der Waals surface area contributed by atoms with Gasteiger partial charge in [-0.3, -0.25) is 0 Å². The standard InChI is InChI=1S/C12H18FN/c1-4-8-14-10(3)11-7-5-6-9(2)12(11)13/h5-7,10,14H,4,8H2,1-3H3. The first-order chi connectivity index (χ1) is 6.66. The molecule has 0 aliphatic rings. The zero-order valence-corrected chi connectivity index (χ0v) is 9.10. The van der Waals surface area contributed by atoms with E-state index in [0.717, 1.165) is 18.5 Å². The third-order valence-electron chi connectivity index (χ3n) is 2.39. The van der Waals surface area contributed by atoms with Crippen LogP contribution in [0.15, 0.2) is 18.2 Å². The molecular weight excluding hydrogens is 177 g/mol. The maximum absolute atomic E-state index is 13.6. The third kappa shape index (κ3) is 2.55. The highest BCUT2D eigenvalue weighted by atomic mass is 19.1. The van der Waals surface area contributed by atoms with Gasteiger partial charge < -0.3 is 5.32 Å². The van der Waals surface area contributed by atoms with Gasteiger partial charge in [0, 0.05) is 11.6 Å². The number of halogens is 1. The summed E-state index contributed by atoms with van der Waals surface area (Å²) in [6.45, 7) is 6.82. The van der Waals surface area contributed by atoms with Crippen molar-refractivity contribution in [3.05, 3.63) is 35.1 Å². The second-order valence-electron chi connectivity index (χ2n) is 3.65. The van der Waals surface area contributed by atoms with Crippen molar-refractivity contribution in [3.8, 4) is 0 Å². The summed E-state index contributed by atoms with van der Waals surface area (Å²) in [7, 11) is 0. The van der Waals surface area contributed by atoms with Gasteiger partial charge in [0.2, 0.25) is 0 Å². The van der Waals surface area contributed by atoms with Gasteiger partial charge in [-0.2, -0.15) is 0 Å². The summed E-state index contributed by atoms with van der Waals surface area (Å²) in [4.78, 5) is 0. The molecule has 1 nitrogen and oxygen atoms in total. The molecule has 0 aliphatic carbocycles. The number of hydrogen-bond donors (Lipinski definition) is 1. The van der Waals surface area contributed by atoms with E-state index in [0.29, 0.717) is 5.56 Å². The van der Waals surface area contributed by atoms with Gasteiger partial charge in [-0.15, -0.1) is 0 Å². The van der Waals surface area contributed by atoms with Crippen LogP contribution >= 0.6 is 0 Å². The molecule has 0 aromatic heterocycles. The molecule has 2 heteroatoms. The number of nitrogens with one attached hydrogen (secondary N) is 1. The van der Waals surface area contributed by atoms with Crippen molar-refractivity contribution in [1.29, 1.82) is 0 Å². The van der Waals surface area contributed by atoms with Crippen molar-refractivity contribution in [2.75, 3.05) is 6.54 Å². The lowest BCUT2D eigenvalue weighted by Gasteiger charge is -2.15. The van der Waals surface area contributed by atoms with E-state index in [-0.39, 0.29) is 11.9 Å². The normalized spacial score (nSPS) is 12.9. The zero-order chi connectivity index (χ0) is 10.6. The van der Waals surface area contributed by atoms with E-state index in [9.17, 15) is 4.39 Å². The van der Waals surface area contributed by atoms with Crippen LogP contribution in [-0.4, -0.2) is 6.54 Å². The molecule has 0 bridgehead atoms. The Morgan fingerprint density at radius 3 is 2.79 bits per heavy atom. The summed E-state index contributed by atoms with van der Waals surface area (Å²) in [5.74, 6) is -0.0800. The number of rotatable bonds is 4.